The Hall–Kier alpha value is -2.60. The SMILES string of the molecule is CC1(C)CC1C(=O)Nc1ccc(C(C#N)c2ccccc2)cc1. The van der Waals surface area contributed by atoms with Crippen molar-refractivity contribution in [3.63, 3.8) is 0 Å². The first-order valence-corrected chi connectivity index (χ1v) is 7.86. The number of anilines is 1. The van der Waals surface area contributed by atoms with Crippen LogP contribution in [0, 0.1) is 22.7 Å². The Labute approximate surface area is 137 Å². The van der Waals surface area contributed by atoms with Crippen LogP contribution < -0.4 is 5.32 Å². The summed E-state index contributed by atoms with van der Waals surface area (Å²) in [4.78, 5) is 12.1. The number of nitriles is 1. The van der Waals surface area contributed by atoms with Crippen LogP contribution in [-0.2, 0) is 4.79 Å². The second kappa shape index (κ2) is 5.89. The van der Waals surface area contributed by atoms with Gasteiger partial charge < -0.3 is 5.32 Å². The fourth-order valence-electron chi connectivity index (χ4n) is 2.89. The van der Waals surface area contributed by atoms with Crippen LogP contribution in [0.1, 0.15) is 37.3 Å². The Morgan fingerprint density at radius 3 is 2.22 bits per heavy atom. The standard InChI is InChI=1S/C20H20N2O/c1-20(2)12-18(20)19(23)22-16-10-8-15(9-11-16)17(13-21)14-6-4-3-5-7-14/h3-11,17-18H,12H2,1-2H3,(H,22,23). The number of amides is 1. The number of nitrogens with one attached hydrogen (secondary N) is 1. The zero-order chi connectivity index (χ0) is 16.4. The van der Waals surface area contributed by atoms with Gasteiger partial charge in [0.2, 0.25) is 5.91 Å². The van der Waals surface area contributed by atoms with Crippen molar-refractivity contribution >= 4 is 11.6 Å². The number of hydrogen-bond donors (Lipinski definition) is 1. The van der Waals surface area contributed by atoms with Gasteiger partial charge in [0.1, 0.15) is 0 Å². The van der Waals surface area contributed by atoms with Crippen LogP contribution in [0.15, 0.2) is 54.6 Å². The lowest BCUT2D eigenvalue weighted by Gasteiger charge is -2.11. The largest absolute Gasteiger partial charge is 0.326 e. The van der Waals surface area contributed by atoms with Crippen LogP contribution in [0.2, 0.25) is 0 Å². The van der Waals surface area contributed by atoms with Gasteiger partial charge in [-0.15, -0.1) is 0 Å². The van der Waals surface area contributed by atoms with Crippen LogP contribution in [-0.4, -0.2) is 5.91 Å². The monoisotopic (exact) mass is 304 g/mol. The highest BCUT2D eigenvalue weighted by atomic mass is 16.2. The summed E-state index contributed by atoms with van der Waals surface area (Å²) in [7, 11) is 0. The maximum Gasteiger partial charge on any atom is 0.228 e. The van der Waals surface area contributed by atoms with E-state index >= 15 is 0 Å². The summed E-state index contributed by atoms with van der Waals surface area (Å²) in [5, 5.41) is 12.4. The highest BCUT2D eigenvalue weighted by Gasteiger charge is 2.50. The van der Waals surface area contributed by atoms with Crippen molar-refractivity contribution in [1.29, 1.82) is 5.26 Å². The number of benzene rings is 2. The van der Waals surface area contributed by atoms with Gasteiger partial charge in [0.25, 0.3) is 0 Å². The van der Waals surface area contributed by atoms with E-state index in [9.17, 15) is 10.1 Å². The Morgan fingerprint density at radius 2 is 1.70 bits per heavy atom. The molecule has 0 aliphatic heterocycles. The molecule has 3 nitrogen and oxygen atoms in total. The molecule has 3 heteroatoms. The first-order chi connectivity index (χ1) is 11.0. The Kier molecular flexibility index (Phi) is 3.92. The van der Waals surface area contributed by atoms with Gasteiger partial charge in [-0.3, -0.25) is 4.79 Å². The van der Waals surface area contributed by atoms with Crippen LogP contribution in [0.25, 0.3) is 0 Å². The second-order valence-corrected chi connectivity index (χ2v) is 6.83. The van der Waals surface area contributed by atoms with E-state index in [0.717, 1.165) is 23.2 Å². The molecule has 0 aromatic heterocycles. The summed E-state index contributed by atoms with van der Waals surface area (Å²) in [5.41, 5.74) is 2.82. The molecule has 1 aliphatic carbocycles. The lowest BCUT2D eigenvalue weighted by Crippen LogP contribution is -2.16. The molecule has 0 bridgehead atoms. The number of carbonyl (C=O) groups is 1. The van der Waals surface area contributed by atoms with Gasteiger partial charge in [0.05, 0.1) is 12.0 Å². The molecule has 0 spiro atoms. The van der Waals surface area contributed by atoms with Crippen molar-refractivity contribution in [3.05, 3.63) is 65.7 Å². The number of rotatable bonds is 4. The van der Waals surface area contributed by atoms with Gasteiger partial charge in [0, 0.05) is 11.6 Å². The molecule has 0 heterocycles. The van der Waals surface area contributed by atoms with Crippen LogP contribution >= 0.6 is 0 Å². The summed E-state index contributed by atoms with van der Waals surface area (Å²) in [6.45, 7) is 4.22. The van der Waals surface area contributed by atoms with E-state index < -0.39 is 0 Å². The van der Waals surface area contributed by atoms with E-state index in [1.54, 1.807) is 0 Å². The van der Waals surface area contributed by atoms with Gasteiger partial charge in [0.15, 0.2) is 0 Å². The average Bonchev–Trinajstić information content (AvgIpc) is 3.20. The van der Waals surface area contributed by atoms with E-state index in [-0.39, 0.29) is 23.2 Å². The molecule has 0 radical (unpaired) electrons. The molecule has 1 aliphatic rings. The molecule has 2 aromatic carbocycles. The third kappa shape index (κ3) is 3.27. The Bertz CT molecular complexity index is 741. The fraction of sp³-hybridized carbons (Fsp3) is 0.300. The van der Waals surface area contributed by atoms with Gasteiger partial charge >= 0.3 is 0 Å². The van der Waals surface area contributed by atoms with Crippen LogP contribution in [0.4, 0.5) is 5.69 Å². The molecule has 1 N–H and O–H groups in total. The molecule has 1 amide bonds. The lowest BCUT2D eigenvalue weighted by atomic mass is 9.92. The summed E-state index contributed by atoms with van der Waals surface area (Å²) in [6, 6.07) is 19.6. The maximum atomic E-state index is 12.1. The molecule has 2 unspecified atom stereocenters. The summed E-state index contributed by atoms with van der Waals surface area (Å²) < 4.78 is 0. The van der Waals surface area contributed by atoms with Crippen molar-refractivity contribution in [2.24, 2.45) is 11.3 Å². The van der Waals surface area contributed by atoms with Crippen LogP contribution in [0.3, 0.4) is 0 Å². The normalized spacial score (nSPS) is 19.4. The molecule has 3 rings (SSSR count). The smallest absolute Gasteiger partial charge is 0.228 e. The van der Waals surface area contributed by atoms with Crippen molar-refractivity contribution in [1.82, 2.24) is 0 Å². The van der Waals surface area contributed by atoms with E-state index in [1.807, 2.05) is 54.6 Å². The van der Waals surface area contributed by atoms with Gasteiger partial charge in [-0.05, 0) is 35.1 Å². The summed E-state index contributed by atoms with van der Waals surface area (Å²) >= 11 is 0. The minimum absolute atomic E-state index is 0.0858. The van der Waals surface area contributed by atoms with Crippen molar-refractivity contribution in [2.45, 2.75) is 26.2 Å². The fourth-order valence-corrected chi connectivity index (χ4v) is 2.89. The number of hydrogen-bond acceptors (Lipinski definition) is 2. The molecule has 1 saturated carbocycles. The summed E-state index contributed by atoms with van der Waals surface area (Å²) in [6.07, 6.45) is 0.946. The maximum absolute atomic E-state index is 12.1. The molecule has 116 valence electrons. The molecule has 23 heavy (non-hydrogen) atoms. The first-order valence-electron chi connectivity index (χ1n) is 7.86. The van der Waals surface area contributed by atoms with Crippen molar-refractivity contribution in [2.75, 3.05) is 5.32 Å². The van der Waals surface area contributed by atoms with E-state index in [2.05, 4.69) is 25.2 Å². The highest BCUT2D eigenvalue weighted by Crippen LogP contribution is 2.52. The van der Waals surface area contributed by atoms with Crippen molar-refractivity contribution in [3.8, 4) is 6.07 Å². The highest BCUT2D eigenvalue weighted by molar-refractivity contribution is 5.94. The molecule has 2 atom stereocenters. The zero-order valence-corrected chi connectivity index (χ0v) is 13.4. The van der Waals surface area contributed by atoms with Gasteiger partial charge in [-0.1, -0.05) is 56.3 Å². The van der Waals surface area contributed by atoms with E-state index in [1.165, 1.54) is 0 Å². The molecule has 1 fully saturated rings. The van der Waals surface area contributed by atoms with E-state index in [0.29, 0.717) is 0 Å². The third-order valence-electron chi connectivity index (χ3n) is 4.60. The Balaban J connectivity index is 1.72. The molecule has 0 saturated heterocycles. The van der Waals surface area contributed by atoms with Gasteiger partial charge in [-0.25, -0.2) is 0 Å². The zero-order valence-electron chi connectivity index (χ0n) is 13.4. The minimum atomic E-state index is -0.289. The number of nitrogens with zero attached hydrogens (tertiary/aromatic N) is 1. The van der Waals surface area contributed by atoms with Crippen molar-refractivity contribution < 1.29 is 4.79 Å². The molecular formula is C20H20N2O. The summed E-state index contributed by atoms with van der Waals surface area (Å²) in [5.74, 6) is -0.0932. The minimum Gasteiger partial charge on any atom is -0.326 e. The molecular weight excluding hydrogens is 284 g/mol. The third-order valence-corrected chi connectivity index (χ3v) is 4.60. The average molecular weight is 304 g/mol. The quantitative estimate of drug-likeness (QED) is 0.914. The van der Waals surface area contributed by atoms with E-state index in [4.69, 9.17) is 0 Å². The predicted octanol–water partition coefficient (Wildman–Crippen LogP) is 4.33. The Morgan fingerprint density at radius 1 is 1.13 bits per heavy atom. The topological polar surface area (TPSA) is 52.9 Å². The first kappa shape index (κ1) is 15.3. The number of carbonyl (C=O) groups excluding carboxylic acids is 1. The lowest BCUT2D eigenvalue weighted by molar-refractivity contribution is -0.118. The molecule has 2 aromatic rings. The predicted molar refractivity (Wildman–Crippen MR) is 90.9 cm³/mol. The van der Waals surface area contributed by atoms with Gasteiger partial charge in [-0.2, -0.15) is 5.26 Å². The second-order valence-electron chi connectivity index (χ2n) is 6.83. The van der Waals surface area contributed by atoms with Crippen LogP contribution in [0.5, 0.6) is 0 Å².